The first-order chi connectivity index (χ1) is 7.09. The minimum atomic E-state index is -0.257. The summed E-state index contributed by atoms with van der Waals surface area (Å²) >= 11 is 0. The second kappa shape index (κ2) is 5.69. The van der Waals surface area contributed by atoms with Crippen LogP contribution in [0.2, 0.25) is 0 Å². The minimum Gasteiger partial charge on any atom is -0.466 e. The Morgan fingerprint density at radius 1 is 1.60 bits per heavy atom. The summed E-state index contributed by atoms with van der Waals surface area (Å²) in [4.78, 5) is 22.1. The van der Waals surface area contributed by atoms with Crippen LogP contribution >= 0.6 is 0 Å². The van der Waals surface area contributed by atoms with Gasteiger partial charge in [0.2, 0.25) is 0 Å². The fourth-order valence-electron chi connectivity index (χ4n) is 1.71. The van der Waals surface area contributed by atoms with Gasteiger partial charge in [0.25, 0.3) is 0 Å². The predicted molar refractivity (Wildman–Crippen MR) is 57.4 cm³/mol. The average Bonchev–Trinajstić information content (AvgIpc) is 2.14. The third-order valence-corrected chi connectivity index (χ3v) is 2.55. The lowest BCUT2D eigenvalue weighted by atomic mass is 9.88. The van der Waals surface area contributed by atoms with Crippen molar-refractivity contribution < 1.29 is 14.3 Å². The number of esters is 1. The standard InChI is InChI=1S/C12H18O3/c1-9-5-6-11(12(14)8-9)4-3-7-15-10(2)13/h6,9H,3-5,7-8H2,1-2H3/t9-/m1/s1. The van der Waals surface area contributed by atoms with Crippen LogP contribution in [0.15, 0.2) is 11.6 Å². The third-order valence-electron chi connectivity index (χ3n) is 2.55. The number of rotatable bonds is 4. The summed E-state index contributed by atoms with van der Waals surface area (Å²) in [5.41, 5.74) is 0.917. The summed E-state index contributed by atoms with van der Waals surface area (Å²) in [5.74, 6) is 0.485. The summed E-state index contributed by atoms with van der Waals surface area (Å²) in [7, 11) is 0. The molecule has 1 atom stereocenters. The number of ketones is 1. The molecule has 0 N–H and O–H groups in total. The van der Waals surface area contributed by atoms with Crippen LogP contribution in [0, 0.1) is 5.92 Å². The van der Waals surface area contributed by atoms with E-state index >= 15 is 0 Å². The summed E-state index contributed by atoms with van der Waals surface area (Å²) in [6.07, 6.45) is 5.17. The average molecular weight is 210 g/mol. The molecule has 3 heteroatoms. The smallest absolute Gasteiger partial charge is 0.302 e. The second-order valence-corrected chi connectivity index (χ2v) is 4.14. The van der Waals surface area contributed by atoms with Gasteiger partial charge in [0.15, 0.2) is 5.78 Å². The quantitative estimate of drug-likeness (QED) is 0.528. The molecule has 84 valence electrons. The van der Waals surface area contributed by atoms with Crippen LogP contribution in [0.25, 0.3) is 0 Å². The molecule has 1 aliphatic carbocycles. The van der Waals surface area contributed by atoms with Crippen molar-refractivity contribution in [3.8, 4) is 0 Å². The lowest BCUT2D eigenvalue weighted by Gasteiger charge is -2.16. The summed E-state index contributed by atoms with van der Waals surface area (Å²) in [6, 6.07) is 0. The van der Waals surface area contributed by atoms with Gasteiger partial charge >= 0.3 is 5.97 Å². The van der Waals surface area contributed by atoms with Gasteiger partial charge in [-0.2, -0.15) is 0 Å². The van der Waals surface area contributed by atoms with Gasteiger partial charge in [-0.25, -0.2) is 0 Å². The van der Waals surface area contributed by atoms with Crippen molar-refractivity contribution in [2.24, 2.45) is 5.92 Å². The van der Waals surface area contributed by atoms with E-state index in [1.807, 2.05) is 6.08 Å². The van der Waals surface area contributed by atoms with Crippen LogP contribution in [0.1, 0.15) is 39.5 Å². The Morgan fingerprint density at radius 3 is 2.93 bits per heavy atom. The molecule has 15 heavy (non-hydrogen) atoms. The van der Waals surface area contributed by atoms with E-state index in [1.54, 1.807) is 0 Å². The van der Waals surface area contributed by atoms with Crippen molar-refractivity contribution in [1.82, 2.24) is 0 Å². The molecule has 0 aromatic rings. The van der Waals surface area contributed by atoms with Crippen LogP contribution in [-0.4, -0.2) is 18.4 Å². The van der Waals surface area contributed by atoms with Gasteiger partial charge in [-0.15, -0.1) is 0 Å². The van der Waals surface area contributed by atoms with Crippen molar-refractivity contribution in [1.29, 1.82) is 0 Å². The predicted octanol–water partition coefficient (Wildman–Crippen LogP) is 2.26. The SMILES string of the molecule is CC(=O)OCCCC1=CC[C@@H](C)CC1=O. The molecular weight excluding hydrogens is 192 g/mol. The Bertz CT molecular complexity index is 279. The molecule has 0 aliphatic heterocycles. The van der Waals surface area contributed by atoms with Crippen molar-refractivity contribution in [3.05, 3.63) is 11.6 Å². The van der Waals surface area contributed by atoms with E-state index in [4.69, 9.17) is 4.74 Å². The first kappa shape index (κ1) is 12.0. The fraction of sp³-hybridized carbons (Fsp3) is 0.667. The fourth-order valence-corrected chi connectivity index (χ4v) is 1.71. The van der Waals surface area contributed by atoms with E-state index in [-0.39, 0.29) is 11.8 Å². The van der Waals surface area contributed by atoms with E-state index in [0.717, 1.165) is 24.8 Å². The molecule has 0 saturated heterocycles. The molecule has 0 radical (unpaired) electrons. The van der Waals surface area contributed by atoms with E-state index in [1.165, 1.54) is 6.92 Å². The highest BCUT2D eigenvalue weighted by Gasteiger charge is 2.17. The maximum absolute atomic E-state index is 11.6. The van der Waals surface area contributed by atoms with Crippen molar-refractivity contribution in [2.45, 2.75) is 39.5 Å². The van der Waals surface area contributed by atoms with Gasteiger partial charge in [-0.3, -0.25) is 9.59 Å². The molecule has 1 rings (SSSR count). The Balaban J connectivity index is 2.26. The zero-order valence-electron chi connectivity index (χ0n) is 9.41. The third kappa shape index (κ3) is 4.28. The normalized spacial score (nSPS) is 21.1. The maximum atomic E-state index is 11.6. The number of Topliss-reactive ketones (excluding diaryl/α,β-unsaturated/α-hetero) is 1. The zero-order chi connectivity index (χ0) is 11.3. The molecule has 3 nitrogen and oxygen atoms in total. The van der Waals surface area contributed by atoms with Gasteiger partial charge in [-0.05, 0) is 30.8 Å². The van der Waals surface area contributed by atoms with Gasteiger partial charge in [0.05, 0.1) is 6.61 Å². The Morgan fingerprint density at radius 2 is 2.33 bits per heavy atom. The maximum Gasteiger partial charge on any atom is 0.302 e. The van der Waals surface area contributed by atoms with Crippen LogP contribution in [0.4, 0.5) is 0 Å². The van der Waals surface area contributed by atoms with Gasteiger partial charge in [0.1, 0.15) is 0 Å². The molecule has 0 unspecified atom stereocenters. The van der Waals surface area contributed by atoms with E-state index in [9.17, 15) is 9.59 Å². The summed E-state index contributed by atoms with van der Waals surface area (Å²) in [6.45, 7) is 3.90. The van der Waals surface area contributed by atoms with Crippen molar-refractivity contribution >= 4 is 11.8 Å². The Kier molecular flexibility index (Phi) is 4.53. The Labute approximate surface area is 90.5 Å². The molecule has 0 saturated carbocycles. The monoisotopic (exact) mass is 210 g/mol. The number of ether oxygens (including phenoxy) is 1. The molecule has 0 aromatic heterocycles. The molecule has 0 heterocycles. The zero-order valence-corrected chi connectivity index (χ0v) is 9.41. The summed E-state index contributed by atoms with van der Waals surface area (Å²) in [5, 5.41) is 0. The molecule has 0 amide bonds. The topological polar surface area (TPSA) is 43.4 Å². The highest BCUT2D eigenvalue weighted by atomic mass is 16.5. The Hall–Kier alpha value is -1.12. The van der Waals surface area contributed by atoms with E-state index in [0.29, 0.717) is 18.9 Å². The molecule has 1 aliphatic rings. The lowest BCUT2D eigenvalue weighted by molar-refractivity contribution is -0.141. The minimum absolute atomic E-state index is 0.257. The number of carbonyl (C=O) groups excluding carboxylic acids is 2. The largest absolute Gasteiger partial charge is 0.466 e. The van der Waals surface area contributed by atoms with Gasteiger partial charge < -0.3 is 4.74 Å². The molecular formula is C12H18O3. The van der Waals surface area contributed by atoms with Crippen molar-refractivity contribution in [3.63, 3.8) is 0 Å². The van der Waals surface area contributed by atoms with Crippen LogP contribution in [-0.2, 0) is 14.3 Å². The highest BCUT2D eigenvalue weighted by Crippen LogP contribution is 2.22. The molecule has 0 aromatic carbocycles. The molecule has 0 spiro atoms. The van der Waals surface area contributed by atoms with Crippen LogP contribution in [0.3, 0.4) is 0 Å². The second-order valence-electron chi connectivity index (χ2n) is 4.14. The van der Waals surface area contributed by atoms with Crippen LogP contribution in [0.5, 0.6) is 0 Å². The number of hydrogen-bond donors (Lipinski definition) is 0. The first-order valence-electron chi connectivity index (χ1n) is 5.45. The lowest BCUT2D eigenvalue weighted by Crippen LogP contribution is -2.14. The highest BCUT2D eigenvalue weighted by molar-refractivity contribution is 5.96. The van der Waals surface area contributed by atoms with E-state index in [2.05, 4.69) is 6.92 Å². The number of allylic oxidation sites excluding steroid dienone is 2. The number of hydrogen-bond acceptors (Lipinski definition) is 3. The van der Waals surface area contributed by atoms with Gasteiger partial charge in [-0.1, -0.05) is 13.0 Å². The van der Waals surface area contributed by atoms with Gasteiger partial charge in [0, 0.05) is 13.3 Å². The van der Waals surface area contributed by atoms with E-state index < -0.39 is 0 Å². The van der Waals surface area contributed by atoms with Crippen LogP contribution < -0.4 is 0 Å². The summed E-state index contributed by atoms with van der Waals surface area (Å²) < 4.78 is 4.81. The first-order valence-corrected chi connectivity index (χ1v) is 5.45. The van der Waals surface area contributed by atoms with Crippen molar-refractivity contribution in [2.75, 3.05) is 6.61 Å². The number of carbonyl (C=O) groups is 2. The molecule has 0 bridgehead atoms. The molecule has 0 fully saturated rings.